The molecule has 1 aliphatic heterocycles. The predicted octanol–water partition coefficient (Wildman–Crippen LogP) is 0.666. The van der Waals surface area contributed by atoms with Gasteiger partial charge < -0.3 is 20.1 Å². The summed E-state index contributed by atoms with van der Waals surface area (Å²) in [5, 5.41) is 7.21. The Hall–Kier alpha value is -0.390. The smallest absolute Gasteiger partial charge is 0.166 e. The number of ether oxygens (including phenoxy) is 2. The maximum Gasteiger partial charge on any atom is 0.166 e. The van der Waals surface area contributed by atoms with Gasteiger partial charge in [0.25, 0.3) is 0 Å². The van der Waals surface area contributed by atoms with Crippen LogP contribution in [0.3, 0.4) is 0 Å². The fraction of sp³-hybridized carbons (Fsp3) is 0.900. The fourth-order valence-electron chi connectivity index (χ4n) is 1.50. The molecule has 1 saturated heterocycles. The van der Waals surface area contributed by atoms with Gasteiger partial charge in [-0.2, -0.15) is 0 Å². The highest BCUT2D eigenvalue weighted by Gasteiger charge is 2.13. The normalized spacial score (nSPS) is 17.4. The van der Waals surface area contributed by atoms with Gasteiger partial charge in [-0.05, 0) is 31.5 Å². The third-order valence-electron chi connectivity index (χ3n) is 2.37. The van der Waals surface area contributed by atoms with Crippen molar-refractivity contribution in [3.63, 3.8) is 0 Å². The molecule has 0 aromatic heterocycles. The molecule has 0 radical (unpaired) electrons. The largest absolute Gasteiger partial charge is 0.385 e. The van der Waals surface area contributed by atoms with Gasteiger partial charge in [0.15, 0.2) is 5.11 Å². The van der Waals surface area contributed by atoms with E-state index < -0.39 is 0 Å². The van der Waals surface area contributed by atoms with Crippen LogP contribution >= 0.6 is 12.2 Å². The highest BCUT2D eigenvalue weighted by atomic mass is 32.1. The highest BCUT2D eigenvalue weighted by Crippen LogP contribution is 2.05. The third kappa shape index (κ3) is 5.92. The Labute approximate surface area is 96.7 Å². The van der Waals surface area contributed by atoms with Gasteiger partial charge in [-0.3, -0.25) is 0 Å². The molecule has 88 valence electrons. The third-order valence-corrected chi connectivity index (χ3v) is 2.63. The van der Waals surface area contributed by atoms with Crippen LogP contribution in [0.2, 0.25) is 0 Å². The fourth-order valence-corrected chi connectivity index (χ4v) is 1.77. The van der Waals surface area contributed by atoms with Gasteiger partial charge in [0.2, 0.25) is 0 Å². The van der Waals surface area contributed by atoms with Crippen molar-refractivity contribution < 1.29 is 9.47 Å². The molecule has 1 rings (SSSR count). The summed E-state index contributed by atoms with van der Waals surface area (Å²) in [6.45, 7) is 3.31. The minimum Gasteiger partial charge on any atom is -0.385 e. The van der Waals surface area contributed by atoms with Crippen LogP contribution in [0.25, 0.3) is 0 Å². The van der Waals surface area contributed by atoms with E-state index in [0.717, 1.165) is 50.7 Å². The maximum atomic E-state index is 5.27. The molecule has 0 amide bonds. The molecule has 0 unspecified atom stereocenters. The van der Waals surface area contributed by atoms with E-state index in [2.05, 4.69) is 10.6 Å². The summed E-state index contributed by atoms with van der Waals surface area (Å²) in [4.78, 5) is 0. The van der Waals surface area contributed by atoms with Crippen molar-refractivity contribution in [3.05, 3.63) is 0 Å². The summed E-state index contributed by atoms with van der Waals surface area (Å²) >= 11 is 5.18. The van der Waals surface area contributed by atoms with E-state index in [-0.39, 0.29) is 0 Å². The summed E-state index contributed by atoms with van der Waals surface area (Å²) in [6.07, 6.45) is 3.06. The van der Waals surface area contributed by atoms with E-state index in [1.165, 1.54) is 0 Å². The monoisotopic (exact) mass is 232 g/mol. The number of rotatable bonds is 5. The zero-order valence-electron chi connectivity index (χ0n) is 9.25. The quantitative estimate of drug-likeness (QED) is 0.538. The number of nitrogens with one attached hydrogen (secondary N) is 2. The van der Waals surface area contributed by atoms with Gasteiger partial charge in [0.1, 0.15) is 0 Å². The van der Waals surface area contributed by atoms with Crippen molar-refractivity contribution in [1.82, 2.24) is 10.6 Å². The summed E-state index contributed by atoms with van der Waals surface area (Å²) < 4.78 is 10.2. The lowest BCUT2D eigenvalue weighted by atomic mass is 10.1. The Kier molecular flexibility index (Phi) is 6.63. The molecular weight excluding hydrogens is 212 g/mol. The van der Waals surface area contributed by atoms with Crippen molar-refractivity contribution in [1.29, 1.82) is 0 Å². The minimum absolute atomic E-state index is 0.473. The molecule has 0 bridgehead atoms. The molecule has 5 heteroatoms. The van der Waals surface area contributed by atoms with E-state index in [1.807, 2.05) is 0 Å². The lowest BCUT2D eigenvalue weighted by Crippen LogP contribution is -2.44. The van der Waals surface area contributed by atoms with Crippen molar-refractivity contribution in [2.24, 2.45) is 0 Å². The molecule has 0 aliphatic carbocycles. The SMILES string of the molecule is COCCCNC(=S)NC1CCOCC1. The molecule has 0 saturated carbocycles. The Bertz CT molecular complexity index is 184. The van der Waals surface area contributed by atoms with Crippen LogP contribution < -0.4 is 10.6 Å². The number of thiocarbonyl (C=S) groups is 1. The molecule has 2 N–H and O–H groups in total. The van der Waals surface area contributed by atoms with Crippen molar-refractivity contribution >= 4 is 17.3 Å². The number of hydrogen-bond acceptors (Lipinski definition) is 3. The van der Waals surface area contributed by atoms with Crippen molar-refractivity contribution in [2.75, 3.05) is 33.5 Å². The molecule has 15 heavy (non-hydrogen) atoms. The molecule has 0 spiro atoms. The van der Waals surface area contributed by atoms with Crippen molar-refractivity contribution in [2.45, 2.75) is 25.3 Å². The Morgan fingerprint density at radius 1 is 1.47 bits per heavy atom. The van der Waals surface area contributed by atoms with Crippen LogP contribution in [0.1, 0.15) is 19.3 Å². The van der Waals surface area contributed by atoms with Crippen LogP contribution in [0.5, 0.6) is 0 Å². The molecule has 1 heterocycles. The summed E-state index contributed by atoms with van der Waals surface area (Å²) in [5.74, 6) is 0. The Morgan fingerprint density at radius 3 is 2.87 bits per heavy atom. The minimum atomic E-state index is 0.473. The van der Waals surface area contributed by atoms with Crippen molar-refractivity contribution in [3.8, 4) is 0 Å². The van der Waals surface area contributed by atoms with Crippen LogP contribution in [-0.4, -0.2) is 44.6 Å². The van der Waals surface area contributed by atoms with Crippen LogP contribution in [-0.2, 0) is 9.47 Å². The summed E-state index contributed by atoms with van der Waals surface area (Å²) in [6, 6.07) is 0.473. The topological polar surface area (TPSA) is 42.5 Å². The van der Waals surface area contributed by atoms with Crippen LogP contribution in [0.4, 0.5) is 0 Å². The summed E-state index contributed by atoms with van der Waals surface area (Å²) in [5.41, 5.74) is 0. The zero-order chi connectivity index (χ0) is 10.9. The Balaban J connectivity index is 2.01. The average molecular weight is 232 g/mol. The van der Waals surface area contributed by atoms with Gasteiger partial charge in [0, 0.05) is 39.5 Å². The maximum absolute atomic E-state index is 5.27. The van der Waals surface area contributed by atoms with Gasteiger partial charge in [-0.1, -0.05) is 0 Å². The second kappa shape index (κ2) is 7.84. The van der Waals surface area contributed by atoms with E-state index in [9.17, 15) is 0 Å². The van der Waals surface area contributed by atoms with Crippen LogP contribution in [0, 0.1) is 0 Å². The van der Waals surface area contributed by atoms with Gasteiger partial charge >= 0.3 is 0 Å². The Morgan fingerprint density at radius 2 is 2.20 bits per heavy atom. The number of hydrogen-bond donors (Lipinski definition) is 2. The zero-order valence-corrected chi connectivity index (χ0v) is 10.1. The van der Waals surface area contributed by atoms with Gasteiger partial charge in [-0.15, -0.1) is 0 Å². The molecule has 0 atom stereocenters. The molecule has 1 fully saturated rings. The molecular formula is C10H20N2O2S. The lowest BCUT2D eigenvalue weighted by Gasteiger charge is -2.24. The first-order chi connectivity index (χ1) is 7.33. The first kappa shape index (κ1) is 12.7. The second-order valence-electron chi connectivity index (χ2n) is 3.63. The number of methoxy groups -OCH3 is 1. The second-order valence-corrected chi connectivity index (χ2v) is 4.04. The lowest BCUT2D eigenvalue weighted by molar-refractivity contribution is 0.0824. The average Bonchev–Trinajstić information content (AvgIpc) is 2.26. The van der Waals surface area contributed by atoms with E-state index in [1.54, 1.807) is 7.11 Å². The van der Waals surface area contributed by atoms with Crippen LogP contribution in [0.15, 0.2) is 0 Å². The van der Waals surface area contributed by atoms with Gasteiger partial charge in [-0.25, -0.2) is 0 Å². The van der Waals surface area contributed by atoms with E-state index in [4.69, 9.17) is 21.7 Å². The first-order valence-corrected chi connectivity index (χ1v) is 5.85. The molecule has 0 aromatic carbocycles. The molecule has 4 nitrogen and oxygen atoms in total. The molecule has 0 aromatic rings. The molecule has 1 aliphatic rings. The highest BCUT2D eigenvalue weighted by molar-refractivity contribution is 7.80. The standard InChI is InChI=1S/C10H20N2O2S/c1-13-6-2-5-11-10(15)12-9-3-7-14-8-4-9/h9H,2-8H2,1H3,(H2,11,12,15). The summed E-state index contributed by atoms with van der Waals surface area (Å²) in [7, 11) is 1.71. The van der Waals surface area contributed by atoms with Gasteiger partial charge in [0.05, 0.1) is 0 Å². The van der Waals surface area contributed by atoms with E-state index in [0.29, 0.717) is 6.04 Å². The predicted molar refractivity (Wildman–Crippen MR) is 64.1 cm³/mol. The van der Waals surface area contributed by atoms with E-state index >= 15 is 0 Å². The first-order valence-electron chi connectivity index (χ1n) is 5.44.